The Morgan fingerprint density at radius 3 is 2.19 bits per heavy atom. The van der Waals surface area contributed by atoms with Gasteiger partial charge in [0.25, 0.3) is 10.1 Å². The lowest BCUT2D eigenvalue weighted by atomic mass is 10.1. The lowest BCUT2D eigenvalue weighted by Gasteiger charge is -2.20. The number of hydrogen-bond donors (Lipinski definition) is 5. The molecule has 0 bridgehead atoms. The largest absolute Gasteiger partial charge is 0.479 e. The average Bonchev–Trinajstić information content (AvgIpc) is 2.09. The Hall–Kier alpha value is -1.39. The molecular formula is C6H14N4O5S. The summed E-state index contributed by atoms with van der Waals surface area (Å²) in [6.07, 6.45) is -0.502. The first-order chi connectivity index (χ1) is 7.11. The third-order valence-electron chi connectivity index (χ3n) is 1.82. The molecule has 1 atom stereocenters. The Morgan fingerprint density at radius 1 is 1.38 bits per heavy atom. The molecular weight excluding hydrogens is 240 g/mol. The van der Waals surface area contributed by atoms with E-state index in [0.29, 0.717) is 0 Å². The molecule has 0 aliphatic carbocycles. The first kappa shape index (κ1) is 14.6. The molecule has 0 rings (SSSR count). The van der Waals surface area contributed by atoms with Crippen molar-refractivity contribution in [2.75, 3.05) is 6.54 Å². The molecule has 0 aliphatic rings. The van der Waals surface area contributed by atoms with Crippen LogP contribution in [0, 0.1) is 0 Å². The second-order valence-corrected chi connectivity index (χ2v) is 4.76. The maximum atomic E-state index is 10.8. The van der Waals surface area contributed by atoms with Crippen molar-refractivity contribution in [3.05, 3.63) is 0 Å². The van der Waals surface area contributed by atoms with Crippen molar-refractivity contribution in [2.45, 2.75) is 17.7 Å². The minimum absolute atomic E-state index is 0.000486. The first-order valence-corrected chi connectivity index (χ1v) is 5.60. The van der Waals surface area contributed by atoms with Crippen LogP contribution in [0.1, 0.15) is 12.8 Å². The Kier molecular flexibility index (Phi) is 4.65. The van der Waals surface area contributed by atoms with Gasteiger partial charge in [-0.1, -0.05) is 0 Å². The summed E-state index contributed by atoms with van der Waals surface area (Å²) < 4.78 is 30.3. The summed E-state index contributed by atoms with van der Waals surface area (Å²) in [5, 5.41) is 8.63. The number of carboxylic acid groups (broad SMARTS) is 1. The van der Waals surface area contributed by atoms with Gasteiger partial charge < -0.3 is 22.3 Å². The molecule has 0 fully saturated rings. The number of guanidine groups is 1. The summed E-state index contributed by atoms with van der Waals surface area (Å²) >= 11 is 0. The van der Waals surface area contributed by atoms with E-state index < -0.39 is 27.4 Å². The predicted octanol–water partition coefficient (Wildman–Crippen LogP) is -2.33. The van der Waals surface area contributed by atoms with E-state index in [1.54, 1.807) is 0 Å². The summed E-state index contributed by atoms with van der Waals surface area (Å²) in [4.78, 5) is 11.4. The quantitative estimate of drug-likeness (QED) is 0.151. The van der Waals surface area contributed by atoms with E-state index in [4.69, 9.17) is 26.9 Å². The highest BCUT2D eigenvalue weighted by molar-refractivity contribution is 7.88. The number of carboxylic acids is 1. The summed E-state index contributed by atoms with van der Waals surface area (Å²) in [5.41, 5.74) is 15.1. The van der Waals surface area contributed by atoms with E-state index in [-0.39, 0.29) is 18.9 Å². The van der Waals surface area contributed by atoms with Gasteiger partial charge in [-0.15, -0.1) is 0 Å². The van der Waals surface area contributed by atoms with Gasteiger partial charge in [0.15, 0.2) is 5.96 Å². The second-order valence-electron chi connectivity index (χ2n) is 3.08. The van der Waals surface area contributed by atoms with E-state index in [0.717, 1.165) is 0 Å². The van der Waals surface area contributed by atoms with Gasteiger partial charge in [0.05, 0.1) is 0 Å². The van der Waals surface area contributed by atoms with Gasteiger partial charge >= 0.3 is 5.97 Å². The van der Waals surface area contributed by atoms with Crippen LogP contribution in [-0.2, 0) is 14.9 Å². The third kappa shape index (κ3) is 3.64. The van der Waals surface area contributed by atoms with Crippen LogP contribution in [0.25, 0.3) is 0 Å². The van der Waals surface area contributed by atoms with Gasteiger partial charge in [0.2, 0.25) is 4.87 Å². The highest BCUT2D eigenvalue weighted by Crippen LogP contribution is 2.16. The molecule has 0 aromatic carbocycles. The van der Waals surface area contributed by atoms with Crippen LogP contribution in [0.3, 0.4) is 0 Å². The van der Waals surface area contributed by atoms with Crippen LogP contribution in [0.2, 0.25) is 0 Å². The molecule has 16 heavy (non-hydrogen) atoms. The van der Waals surface area contributed by atoms with Crippen LogP contribution in [0.4, 0.5) is 0 Å². The monoisotopic (exact) mass is 254 g/mol. The minimum Gasteiger partial charge on any atom is -0.479 e. The molecule has 0 heterocycles. The number of hydrogen-bond acceptors (Lipinski definition) is 5. The summed E-state index contributed by atoms with van der Waals surface area (Å²) in [5.74, 6) is -2.04. The fraction of sp³-hybridized carbons (Fsp3) is 0.667. The number of rotatable bonds is 6. The Labute approximate surface area is 92.1 Å². The molecule has 0 aromatic rings. The summed E-state index contributed by atoms with van der Waals surface area (Å²) in [6.45, 7) is 0.0179. The zero-order valence-corrected chi connectivity index (χ0v) is 9.14. The molecule has 94 valence electrons. The maximum absolute atomic E-state index is 10.8. The highest BCUT2D eigenvalue weighted by atomic mass is 32.2. The number of aliphatic imine (C=N–C) groups is 1. The summed E-state index contributed by atoms with van der Waals surface area (Å²) in [7, 11) is -4.90. The van der Waals surface area contributed by atoms with E-state index in [1.807, 2.05) is 0 Å². The topological polar surface area (TPSA) is 182 Å². The zero-order valence-electron chi connectivity index (χ0n) is 8.33. The highest BCUT2D eigenvalue weighted by Gasteiger charge is 2.46. The van der Waals surface area contributed by atoms with E-state index >= 15 is 0 Å². The number of carbonyl (C=O) groups is 1. The lowest BCUT2D eigenvalue weighted by molar-refractivity contribution is -0.140. The Balaban J connectivity index is 4.62. The maximum Gasteiger partial charge on any atom is 0.342 e. The fourth-order valence-electron chi connectivity index (χ4n) is 0.896. The van der Waals surface area contributed by atoms with Crippen LogP contribution >= 0.6 is 0 Å². The van der Waals surface area contributed by atoms with Crippen molar-refractivity contribution in [1.82, 2.24) is 0 Å². The molecule has 0 saturated heterocycles. The molecule has 0 unspecified atom stereocenters. The van der Waals surface area contributed by atoms with Crippen LogP contribution in [0.5, 0.6) is 0 Å². The number of nitrogens with two attached hydrogens (primary N) is 3. The van der Waals surface area contributed by atoms with Crippen molar-refractivity contribution in [3.63, 3.8) is 0 Å². The third-order valence-corrected chi connectivity index (χ3v) is 3.12. The summed E-state index contributed by atoms with van der Waals surface area (Å²) in [6, 6.07) is 0. The van der Waals surface area contributed by atoms with Gasteiger partial charge in [-0.3, -0.25) is 9.55 Å². The fourth-order valence-corrected chi connectivity index (χ4v) is 1.52. The minimum atomic E-state index is -4.90. The van der Waals surface area contributed by atoms with Crippen molar-refractivity contribution in [3.8, 4) is 0 Å². The van der Waals surface area contributed by atoms with Crippen LogP contribution in [-0.4, -0.2) is 41.4 Å². The molecule has 0 radical (unpaired) electrons. The second kappa shape index (κ2) is 5.09. The van der Waals surface area contributed by atoms with E-state index in [1.165, 1.54) is 0 Å². The van der Waals surface area contributed by atoms with Crippen molar-refractivity contribution in [1.29, 1.82) is 0 Å². The van der Waals surface area contributed by atoms with E-state index in [9.17, 15) is 13.2 Å². The van der Waals surface area contributed by atoms with Gasteiger partial charge in [-0.25, -0.2) is 4.79 Å². The first-order valence-electron chi connectivity index (χ1n) is 4.16. The normalized spacial score (nSPS) is 15.1. The van der Waals surface area contributed by atoms with Crippen LogP contribution < -0.4 is 17.2 Å². The van der Waals surface area contributed by atoms with Gasteiger partial charge in [-0.2, -0.15) is 8.42 Å². The molecule has 10 heteroatoms. The Morgan fingerprint density at radius 2 is 1.88 bits per heavy atom. The van der Waals surface area contributed by atoms with Gasteiger partial charge in [0.1, 0.15) is 0 Å². The molecule has 9 nitrogen and oxygen atoms in total. The zero-order chi connectivity index (χ0) is 13.0. The lowest BCUT2D eigenvalue weighted by Crippen LogP contribution is -2.54. The molecule has 0 spiro atoms. The van der Waals surface area contributed by atoms with Crippen molar-refractivity contribution < 1.29 is 22.9 Å². The number of aliphatic carboxylic acids is 1. The standard InChI is InChI=1S/C6H14N4O5S/c7-5(8)10-3-1-2-6(9,4(11)12)16(13,14)15/h1-3,9H2,(H,11,12)(H4,7,8,10)(H,13,14,15)/t6-/m1/s1. The predicted molar refractivity (Wildman–Crippen MR) is 56.0 cm³/mol. The number of nitrogens with zero attached hydrogens (tertiary/aromatic N) is 1. The Bertz CT molecular complexity index is 388. The molecule has 0 aliphatic heterocycles. The van der Waals surface area contributed by atoms with Crippen molar-refractivity contribution in [2.24, 2.45) is 22.2 Å². The SMILES string of the molecule is NC(N)=NCCC[C@](N)(C(=O)O)S(=O)(=O)O. The van der Waals surface area contributed by atoms with Gasteiger partial charge in [0, 0.05) is 6.54 Å². The average molecular weight is 254 g/mol. The van der Waals surface area contributed by atoms with Crippen molar-refractivity contribution >= 4 is 22.0 Å². The molecule has 0 aromatic heterocycles. The van der Waals surface area contributed by atoms with Gasteiger partial charge in [-0.05, 0) is 12.8 Å². The van der Waals surface area contributed by atoms with Crippen LogP contribution in [0.15, 0.2) is 4.99 Å². The smallest absolute Gasteiger partial charge is 0.342 e. The molecule has 0 amide bonds. The molecule has 8 N–H and O–H groups in total. The molecule has 0 saturated carbocycles. The van der Waals surface area contributed by atoms with E-state index in [2.05, 4.69) is 4.99 Å².